The van der Waals surface area contributed by atoms with Gasteiger partial charge in [-0.15, -0.1) is 0 Å². The van der Waals surface area contributed by atoms with Gasteiger partial charge in [0.25, 0.3) is 0 Å². The first kappa shape index (κ1) is 13.9. The molecule has 0 radical (unpaired) electrons. The van der Waals surface area contributed by atoms with E-state index < -0.39 is 0 Å². The number of rotatable bonds is 4. The SMILES string of the molecule is CNC(C)c1ccccc1-c1ccc(OC)c(Cl)c1. The van der Waals surface area contributed by atoms with Gasteiger partial charge < -0.3 is 10.1 Å². The van der Waals surface area contributed by atoms with Crippen LogP contribution in [0.3, 0.4) is 0 Å². The van der Waals surface area contributed by atoms with Gasteiger partial charge >= 0.3 is 0 Å². The highest BCUT2D eigenvalue weighted by molar-refractivity contribution is 6.32. The molecule has 1 unspecified atom stereocenters. The van der Waals surface area contributed by atoms with E-state index in [-0.39, 0.29) is 6.04 Å². The Balaban J connectivity index is 2.50. The molecule has 100 valence electrons. The van der Waals surface area contributed by atoms with Crippen molar-refractivity contribution in [1.29, 1.82) is 0 Å². The first-order valence-corrected chi connectivity index (χ1v) is 6.65. The zero-order valence-electron chi connectivity index (χ0n) is 11.4. The molecule has 0 aliphatic heterocycles. The van der Waals surface area contributed by atoms with E-state index in [0.29, 0.717) is 10.8 Å². The lowest BCUT2D eigenvalue weighted by molar-refractivity contribution is 0.415. The summed E-state index contributed by atoms with van der Waals surface area (Å²) in [4.78, 5) is 0. The van der Waals surface area contributed by atoms with Crippen molar-refractivity contribution in [2.24, 2.45) is 0 Å². The molecule has 19 heavy (non-hydrogen) atoms. The monoisotopic (exact) mass is 275 g/mol. The lowest BCUT2D eigenvalue weighted by Crippen LogP contribution is -2.13. The summed E-state index contributed by atoms with van der Waals surface area (Å²) >= 11 is 6.20. The molecule has 3 heteroatoms. The van der Waals surface area contributed by atoms with Crippen molar-refractivity contribution in [2.75, 3.05) is 14.2 Å². The average Bonchev–Trinajstić information content (AvgIpc) is 2.46. The first-order valence-electron chi connectivity index (χ1n) is 6.27. The van der Waals surface area contributed by atoms with Gasteiger partial charge in [0.15, 0.2) is 0 Å². The largest absolute Gasteiger partial charge is 0.495 e. The molecule has 0 amide bonds. The van der Waals surface area contributed by atoms with E-state index in [1.165, 1.54) is 11.1 Å². The van der Waals surface area contributed by atoms with Gasteiger partial charge in [-0.1, -0.05) is 41.9 Å². The summed E-state index contributed by atoms with van der Waals surface area (Å²) in [6.07, 6.45) is 0. The highest BCUT2D eigenvalue weighted by Crippen LogP contribution is 2.33. The molecule has 0 saturated carbocycles. The fraction of sp³-hybridized carbons (Fsp3) is 0.250. The van der Waals surface area contributed by atoms with E-state index in [0.717, 1.165) is 5.56 Å². The third kappa shape index (κ3) is 2.91. The van der Waals surface area contributed by atoms with Gasteiger partial charge in [-0.05, 0) is 42.8 Å². The predicted octanol–water partition coefficient (Wildman–Crippen LogP) is 4.30. The normalized spacial score (nSPS) is 12.2. The Labute approximate surface area is 119 Å². The maximum absolute atomic E-state index is 6.20. The van der Waals surface area contributed by atoms with E-state index in [1.807, 2.05) is 31.3 Å². The molecule has 2 aromatic rings. The van der Waals surface area contributed by atoms with Gasteiger partial charge in [0.1, 0.15) is 5.75 Å². The summed E-state index contributed by atoms with van der Waals surface area (Å²) in [5.41, 5.74) is 3.55. The molecule has 1 N–H and O–H groups in total. The Morgan fingerprint density at radius 2 is 1.89 bits per heavy atom. The van der Waals surface area contributed by atoms with Crippen molar-refractivity contribution in [1.82, 2.24) is 5.32 Å². The number of methoxy groups -OCH3 is 1. The van der Waals surface area contributed by atoms with Crippen molar-refractivity contribution in [2.45, 2.75) is 13.0 Å². The molecule has 1 atom stereocenters. The zero-order chi connectivity index (χ0) is 13.8. The molecule has 0 fully saturated rings. The van der Waals surface area contributed by atoms with Crippen LogP contribution in [-0.4, -0.2) is 14.2 Å². The maximum Gasteiger partial charge on any atom is 0.137 e. The number of hydrogen-bond donors (Lipinski definition) is 1. The van der Waals surface area contributed by atoms with E-state index in [9.17, 15) is 0 Å². The Bertz CT molecular complexity index is 568. The second-order valence-corrected chi connectivity index (χ2v) is 4.85. The Hall–Kier alpha value is -1.51. The average molecular weight is 276 g/mol. The predicted molar refractivity (Wildman–Crippen MR) is 80.9 cm³/mol. The maximum atomic E-state index is 6.20. The minimum Gasteiger partial charge on any atom is -0.495 e. The summed E-state index contributed by atoms with van der Waals surface area (Å²) in [6, 6.07) is 14.5. The molecule has 0 spiro atoms. The van der Waals surface area contributed by atoms with Gasteiger partial charge in [-0.2, -0.15) is 0 Å². The first-order chi connectivity index (χ1) is 9.17. The van der Waals surface area contributed by atoms with Crippen LogP contribution in [0.5, 0.6) is 5.75 Å². The molecule has 2 nitrogen and oxygen atoms in total. The van der Waals surface area contributed by atoms with Crippen LogP contribution in [0.15, 0.2) is 42.5 Å². The van der Waals surface area contributed by atoms with Crippen LogP contribution in [0.2, 0.25) is 5.02 Å². The molecule has 0 heterocycles. The molecular weight excluding hydrogens is 258 g/mol. The van der Waals surface area contributed by atoms with Gasteiger partial charge in [0.2, 0.25) is 0 Å². The molecule has 0 aliphatic carbocycles. The summed E-state index contributed by atoms with van der Waals surface area (Å²) in [5, 5.41) is 3.90. The summed E-state index contributed by atoms with van der Waals surface area (Å²) < 4.78 is 5.19. The second-order valence-electron chi connectivity index (χ2n) is 4.45. The fourth-order valence-corrected chi connectivity index (χ4v) is 2.38. The van der Waals surface area contributed by atoms with Crippen LogP contribution in [0.4, 0.5) is 0 Å². The van der Waals surface area contributed by atoms with Crippen LogP contribution in [-0.2, 0) is 0 Å². The second kappa shape index (κ2) is 6.09. The summed E-state index contributed by atoms with van der Waals surface area (Å²) in [5.74, 6) is 0.699. The quantitative estimate of drug-likeness (QED) is 0.898. The number of ether oxygens (including phenoxy) is 1. The third-order valence-corrected chi connectivity index (χ3v) is 3.62. The van der Waals surface area contributed by atoms with E-state index in [4.69, 9.17) is 16.3 Å². The minimum atomic E-state index is 0.289. The van der Waals surface area contributed by atoms with E-state index in [2.05, 4.69) is 30.4 Å². The molecule has 0 aromatic heterocycles. The number of halogens is 1. The number of benzene rings is 2. The van der Waals surface area contributed by atoms with Crippen molar-refractivity contribution >= 4 is 11.6 Å². The molecule has 0 aliphatic rings. The van der Waals surface area contributed by atoms with Crippen LogP contribution < -0.4 is 10.1 Å². The minimum absolute atomic E-state index is 0.289. The van der Waals surface area contributed by atoms with Crippen LogP contribution >= 0.6 is 11.6 Å². The number of nitrogens with one attached hydrogen (secondary N) is 1. The highest BCUT2D eigenvalue weighted by atomic mass is 35.5. The molecule has 2 rings (SSSR count). The lowest BCUT2D eigenvalue weighted by Gasteiger charge is -2.16. The van der Waals surface area contributed by atoms with Gasteiger partial charge in [-0.25, -0.2) is 0 Å². The summed E-state index contributed by atoms with van der Waals surface area (Å²) in [6.45, 7) is 2.14. The van der Waals surface area contributed by atoms with Crippen molar-refractivity contribution in [3.8, 4) is 16.9 Å². The van der Waals surface area contributed by atoms with Crippen LogP contribution in [0.1, 0.15) is 18.5 Å². The van der Waals surface area contributed by atoms with Gasteiger partial charge in [0.05, 0.1) is 12.1 Å². The standard InChI is InChI=1S/C16H18ClNO/c1-11(18-2)13-6-4-5-7-14(13)12-8-9-16(19-3)15(17)10-12/h4-11,18H,1-3H3. The Morgan fingerprint density at radius 3 is 2.53 bits per heavy atom. The van der Waals surface area contributed by atoms with Gasteiger partial charge in [-0.3, -0.25) is 0 Å². The van der Waals surface area contributed by atoms with Crippen LogP contribution in [0, 0.1) is 0 Å². The van der Waals surface area contributed by atoms with Crippen LogP contribution in [0.25, 0.3) is 11.1 Å². The van der Waals surface area contributed by atoms with Crippen molar-refractivity contribution < 1.29 is 4.74 Å². The van der Waals surface area contributed by atoms with E-state index >= 15 is 0 Å². The Morgan fingerprint density at radius 1 is 1.16 bits per heavy atom. The topological polar surface area (TPSA) is 21.3 Å². The highest BCUT2D eigenvalue weighted by Gasteiger charge is 2.11. The lowest BCUT2D eigenvalue weighted by atomic mass is 9.95. The smallest absolute Gasteiger partial charge is 0.137 e. The van der Waals surface area contributed by atoms with Crippen molar-refractivity contribution in [3.63, 3.8) is 0 Å². The fourth-order valence-electron chi connectivity index (χ4n) is 2.13. The molecule has 0 saturated heterocycles. The zero-order valence-corrected chi connectivity index (χ0v) is 12.2. The van der Waals surface area contributed by atoms with Crippen molar-refractivity contribution in [3.05, 3.63) is 53.1 Å². The number of hydrogen-bond acceptors (Lipinski definition) is 2. The van der Waals surface area contributed by atoms with E-state index in [1.54, 1.807) is 7.11 Å². The molecule has 0 bridgehead atoms. The summed E-state index contributed by atoms with van der Waals surface area (Å²) in [7, 11) is 3.58. The molecular formula is C16H18ClNO. The molecule has 2 aromatic carbocycles. The third-order valence-electron chi connectivity index (χ3n) is 3.32. The van der Waals surface area contributed by atoms with Gasteiger partial charge in [0, 0.05) is 6.04 Å². The Kier molecular flexibility index (Phi) is 4.46.